The van der Waals surface area contributed by atoms with Gasteiger partial charge in [0.2, 0.25) is 0 Å². The summed E-state index contributed by atoms with van der Waals surface area (Å²) in [5, 5.41) is 0. The third-order valence-corrected chi connectivity index (χ3v) is 1.40. The monoisotopic (exact) mass is 204 g/mol. The number of hydrogen-bond acceptors (Lipinski definition) is 3. The van der Waals surface area contributed by atoms with Crippen LogP contribution in [0.1, 0.15) is 0 Å². The van der Waals surface area contributed by atoms with Gasteiger partial charge in [-0.1, -0.05) is 0 Å². The molecule has 0 atom stereocenters. The van der Waals surface area contributed by atoms with Gasteiger partial charge in [0.05, 0.1) is 0 Å². The first-order valence-electron chi connectivity index (χ1n) is 1.79. The Morgan fingerprint density at radius 2 is 2.25 bits per heavy atom. The standard InChI is InChI=1S/C3H5O.Mo.H2O.2O/c1-2-3-4;;;;/h2H,1,3H2;;1H2;;/q-1;+2;;;/p-1. The van der Waals surface area contributed by atoms with Crippen LogP contribution in [-0.2, 0) is 26.9 Å². The third-order valence-electron chi connectivity index (χ3n) is 0.335. The molecule has 0 aromatic rings. The Morgan fingerprint density at radius 3 is 2.38 bits per heavy atom. The maximum atomic E-state index is 9.78. The van der Waals surface area contributed by atoms with E-state index in [1.54, 1.807) is 0 Å². The molecule has 0 unspecified atom stereocenters. The fourth-order valence-corrected chi connectivity index (χ4v) is 0.793. The molecular formula is C3H6MoO4. The summed E-state index contributed by atoms with van der Waals surface area (Å²) in [5.41, 5.74) is 0. The summed E-state index contributed by atoms with van der Waals surface area (Å²) in [6.07, 6.45) is 1.24. The fourth-order valence-electron chi connectivity index (χ4n) is 0.134. The van der Waals surface area contributed by atoms with E-state index >= 15 is 0 Å². The topological polar surface area (TPSA) is 63.6 Å². The van der Waals surface area contributed by atoms with Crippen LogP contribution in [0.15, 0.2) is 12.7 Å². The normalized spacial score (nSPS) is 11.1. The molecule has 0 radical (unpaired) electrons. The summed E-state index contributed by atoms with van der Waals surface area (Å²) >= 11 is -5.20. The molecule has 8 heavy (non-hydrogen) atoms. The van der Waals surface area contributed by atoms with Crippen molar-refractivity contribution in [1.29, 1.82) is 0 Å². The maximum absolute atomic E-state index is 9.78. The molecule has 48 valence electrons. The van der Waals surface area contributed by atoms with Crippen LogP contribution in [0.3, 0.4) is 0 Å². The molecule has 0 aromatic heterocycles. The van der Waals surface area contributed by atoms with Gasteiger partial charge < -0.3 is 0 Å². The van der Waals surface area contributed by atoms with Crippen LogP contribution in [0.5, 0.6) is 0 Å². The molecule has 5 heteroatoms. The minimum absolute atomic E-state index is 0.148. The van der Waals surface area contributed by atoms with Crippen molar-refractivity contribution in [2.24, 2.45) is 0 Å². The van der Waals surface area contributed by atoms with Gasteiger partial charge in [-0.25, -0.2) is 0 Å². The van der Waals surface area contributed by atoms with Gasteiger partial charge in [0.1, 0.15) is 0 Å². The first-order chi connectivity index (χ1) is 3.56. The van der Waals surface area contributed by atoms with Crippen molar-refractivity contribution in [2.45, 2.75) is 0 Å². The summed E-state index contributed by atoms with van der Waals surface area (Å²) in [5.74, 6) is 0. The average molecular weight is 202 g/mol. The second-order valence-corrected chi connectivity index (χ2v) is 3.68. The van der Waals surface area contributed by atoms with E-state index in [1.807, 2.05) is 0 Å². The molecule has 0 aliphatic heterocycles. The van der Waals surface area contributed by atoms with E-state index < -0.39 is 16.7 Å². The van der Waals surface area contributed by atoms with Gasteiger partial charge in [0, 0.05) is 0 Å². The molecule has 1 N–H and O–H groups in total. The van der Waals surface area contributed by atoms with Crippen LogP contribution < -0.4 is 0 Å². The van der Waals surface area contributed by atoms with E-state index in [1.165, 1.54) is 6.08 Å². The molecule has 4 nitrogen and oxygen atoms in total. The SMILES string of the molecule is C=CC[O][Mo](=[O])(=[O])[OH]. The van der Waals surface area contributed by atoms with Gasteiger partial charge in [0.15, 0.2) is 0 Å². The van der Waals surface area contributed by atoms with E-state index in [-0.39, 0.29) is 6.61 Å². The van der Waals surface area contributed by atoms with Crippen molar-refractivity contribution in [3.05, 3.63) is 12.7 Å². The average Bonchev–Trinajstić information content (AvgIpc) is 1.59. The van der Waals surface area contributed by atoms with Gasteiger partial charge in [-0.3, -0.25) is 0 Å². The van der Waals surface area contributed by atoms with E-state index in [4.69, 9.17) is 3.76 Å². The third kappa shape index (κ3) is 5.95. The zero-order valence-electron chi connectivity index (χ0n) is 4.07. The molecule has 0 spiro atoms. The zero-order chi connectivity index (χ0) is 6.62. The number of hydrogen-bond donors (Lipinski definition) is 1. The van der Waals surface area contributed by atoms with Crippen LogP contribution in [0, 0.1) is 0 Å². The molecular weight excluding hydrogens is 196 g/mol. The zero-order valence-corrected chi connectivity index (χ0v) is 6.08. The van der Waals surface area contributed by atoms with Crippen LogP contribution in [-0.4, -0.2) is 10.4 Å². The molecule has 0 heterocycles. The van der Waals surface area contributed by atoms with Crippen molar-refractivity contribution in [1.82, 2.24) is 0 Å². The Kier molecular flexibility index (Phi) is 3.05. The summed E-state index contributed by atoms with van der Waals surface area (Å²) in [6.45, 7) is 3.03. The first kappa shape index (κ1) is 7.95. The molecule has 0 aliphatic rings. The number of rotatable bonds is 3. The quantitative estimate of drug-likeness (QED) is 0.510. The molecule has 0 amide bonds. The molecule has 0 saturated carbocycles. The van der Waals surface area contributed by atoms with Crippen molar-refractivity contribution in [3.63, 3.8) is 0 Å². The fraction of sp³-hybridized carbons (Fsp3) is 0.333. The van der Waals surface area contributed by atoms with Crippen molar-refractivity contribution in [2.75, 3.05) is 6.61 Å². The van der Waals surface area contributed by atoms with Crippen LogP contribution >= 0.6 is 0 Å². The molecule has 0 rings (SSSR count). The van der Waals surface area contributed by atoms with Gasteiger partial charge in [-0.15, -0.1) is 0 Å². The van der Waals surface area contributed by atoms with Crippen molar-refractivity contribution < 1.29 is 30.7 Å². The minimum atomic E-state index is -5.20. The summed E-state index contributed by atoms with van der Waals surface area (Å²) in [6, 6.07) is 0. The van der Waals surface area contributed by atoms with Gasteiger partial charge in [-0.2, -0.15) is 0 Å². The molecule has 0 bridgehead atoms. The predicted octanol–water partition coefficient (Wildman–Crippen LogP) is -0.144. The van der Waals surface area contributed by atoms with Crippen LogP contribution in [0.4, 0.5) is 0 Å². The second kappa shape index (κ2) is 3.07. The Morgan fingerprint density at radius 1 is 1.75 bits per heavy atom. The molecule has 0 fully saturated rings. The molecule has 0 saturated heterocycles. The van der Waals surface area contributed by atoms with Crippen LogP contribution in [0.25, 0.3) is 0 Å². The second-order valence-electron chi connectivity index (χ2n) is 1.00. The van der Waals surface area contributed by atoms with Crippen LogP contribution in [0.2, 0.25) is 0 Å². The Balaban J connectivity index is 3.57. The van der Waals surface area contributed by atoms with Gasteiger partial charge >= 0.3 is 50.0 Å². The Bertz CT molecular complexity index is 156. The Hall–Kier alpha value is -0.0517. The van der Waals surface area contributed by atoms with Gasteiger partial charge in [0.25, 0.3) is 0 Å². The summed E-state index contributed by atoms with van der Waals surface area (Å²) in [4.78, 5) is 0. The summed E-state index contributed by atoms with van der Waals surface area (Å²) < 4.78 is 31.4. The van der Waals surface area contributed by atoms with Gasteiger partial charge in [-0.05, 0) is 0 Å². The van der Waals surface area contributed by atoms with Crippen molar-refractivity contribution >= 4 is 0 Å². The Labute approximate surface area is 50.5 Å². The van der Waals surface area contributed by atoms with Crippen molar-refractivity contribution in [3.8, 4) is 0 Å². The predicted molar refractivity (Wildman–Crippen MR) is 19.7 cm³/mol. The van der Waals surface area contributed by atoms with E-state index in [0.29, 0.717) is 0 Å². The molecule has 0 aliphatic carbocycles. The van der Waals surface area contributed by atoms with E-state index in [9.17, 15) is 6.80 Å². The summed E-state index contributed by atoms with van der Waals surface area (Å²) in [7, 11) is 0. The first-order valence-corrected chi connectivity index (χ1v) is 5.14. The van der Waals surface area contributed by atoms with E-state index in [0.717, 1.165) is 0 Å². The van der Waals surface area contributed by atoms with E-state index in [2.05, 4.69) is 9.97 Å². The molecule has 0 aromatic carbocycles.